The normalized spacial score (nSPS) is 17.9. The van der Waals surface area contributed by atoms with E-state index in [1.165, 1.54) is 4.88 Å². The van der Waals surface area contributed by atoms with Crippen LogP contribution in [0.1, 0.15) is 36.4 Å². The lowest BCUT2D eigenvalue weighted by molar-refractivity contribution is -0.0494. The minimum atomic E-state index is -5.25. The van der Waals surface area contributed by atoms with E-state index in [-0.39, 0.29) is 19.1 Å². The summed E-state index contributed by atoms with van der Waals surface area (Å²) in [6.07, 6.45) is 1.56. The van der Waals surface area contributed by atoms with Crippen LogP contribution in [-0.4, -0.2) is 49.9 Å². The lowest BCUT2D eigenvalue weighted by Crippen LogP contribution is -2.51. The molecule has 0 radical (unpaired) electrons. The molecular weight excluding hydrogens is 401 g/mol. The van der Waals surface area contributed by atoms with Gasteiger partial charge >= 0.3 is 15.5 Å². The zero-order valence-electron chi connectivity index (χ0n) is 15.3. The molecule has 154 valence electrons. The van der Waals surface area contributed by atoms with Crippen molar-refractivity contribution >= 4 is 27.3 Å². The van der Waals surface area contributed by atoms with Crippen molar-refractivity contribution in [2.75, 3.05) is 19.6 Å². The molecule has 2 rings (SSSR count). The highest BCUT2D eigenvalue weighted by Gasteiger charge is 2.50. The monoisotopic (exact) mass is 426 g/mol. The van der Waals surface area contributed by atoms with Gasteiger partial charge in [0.05, 0.1) is 6.54 Å². The van der Waals surface area contributed by atoms with Crippen LogP contribution in [0.3, 0.4) is 0 Å². The number of hydrogen-bond acceptors (Lipinski definition) is 4. The highest BCUT2D eigenvalue weighted by molar-refractivity contribution is 7.90. The number of aliphatic imine (C=N–C) groups is 1. The molecule has 0 aromatic carbocycles. The summed E-state index contributed by atoms with van der Waals surface area (Å²) in [7, 11) is -5.25. The molecule has 1 fully saturated rings. The highest BCUT2D eigenvalue weighted by atomic mass is 32.2. The maximum Gasteiger partial charge on any atom is 0.511 e. The van der Waals surface area contributed by atoms with Crippen LogP contribution in [0.25, 0.3) is 0 Å². The van der Waals surface area contributed by atoms with Crippen molar-refractivity contribution in [2.45, 2.75) is 51.2 Å². The van der Waals surface area contributed by atoms with E-state index in [1.807, 2.05) is 13.0 Å². The number of piperidine rings is 1. The van der Waals surface area contributed by atoms with Gasteiger partial charge < -0.3 is 10.6 Å². The van der Waals surface area contributed by atoms with Crippen LogP contribution in [0.5, 0.6) is 0 Å². The van der Waals surface area contributed by atoms with Gasteiger partial charge in [-0.2, -0.15) is 17.5 Å². The second-order valence-electron chi connectivity index (χ2n) is 6.19. The summed E-state index contributed by atoms with van der Waals surface area (Å²) in [6, 6.07) is 3.99. The smallest absolute Gasteiger partial charge is 0.357 e. The van der Waals surface area contributed by atoms with Gasteiger partial charge in [0, 0.05) is 35.4 Å². The molecule has 27 heavy (non-hydrogen) atoms. The number of thiophene rings is 1. The SMILES string of the molecule is CCNC(=NCc1ccc(CC)s1)NC1CCN(S(=O)(=O)C(F)(F)F)CC1. The van der Waals surface area contributed by atoms with Crippen molar-refractivity contribution in [3.05, 3.63) is 21.9 Å². The Labute approximate surface area is 161 Å². The Morgan fingerprint density at radius 3 is 2.41 bits per heavy atom. The Morgan fingerprint density at radius 2 is 1.89 bits per heavy atom. The molecular formula is C16H25F3N4O2S2. The Morgan fingerprint density at radius 1 is 1.26 bits per heavy atom. The first-order valence-electron chi connectivity index (χ1n) is 8.86. The first kappa shape index (κ1) is 22.0. The summed E-state index contributed by atoms with van der Waals surface area (Å²) in [5.74, 6) is 0.584. The number of hydrogen-bond donors (Lipinski definition) is 2. The Balaban J connectivity index is 1.93. The first-order valence-corrected chi connectivity index (χ1v) is 11.1. The van der Waals surface area contributed by atoms with Crippen molar-refractivity contribution < 1.29 is 21.6 Å². The van der Waals surface area contributed by atoms with E-state index >= 15 is 0 Å². The molecule has 2 heterocycles. The Kier molecular flexibility index (Phi) is 7.52. The van der Waals surface area contributed by atoms with Crippen LogP contribution in [-0.2, 0) is 23.0 Å². The molecule has 0 spiro atoms. The van der Waals surface area contributed by atoms with E-state index in [0.29, 0.717) is 36.2 Å². The number of nitrogens with zero attached hydrogens (tertiary/aromatic N) is 2. The second-order valence-corrected chi connectivity index (χ2v) is 9.37. The quantitative estimate of drug-likeness (QED) is 0.542. The van der Waals surface area contributed by atoms with Crippen molar-refractivity contribution in [3.8, 4) is 0 Å². The predicted octanol–water partition coefficient (Wildman–Crippen LogP) is 2.68. The number of guanidine groups is 1. The van der Waals surface area contributed by atoms with E-state index in [2.05, 4.69) is 28.6 Å². The second kappa shape index (κ2) is 9.24. The lowest BCUT2D eigenvalue weighted by atomic mass is 10.1. The summed E-state index contributed by atoms with van der Waals surface area (Å²) in [4.78, 5) is 6.95. The average molecular weight is 427 g/mol. The number of rotatable bonds is 6. The minimum absolute atomic E-state index is 0.128. The zero-order chi connectivity index (χ0) is 20.1. The minimum Gasteiger partial charge on any atom is -0.357 e. The van der Waals surface area contributed by atoms with Crippen LogP contribution in [0.2, 0.25) is 0 Å². The van der Waals surface area contributed by atoms with E-state index in [1.54, 1.807) is 11.3 Å². The van der Waals surface area contributed by atoms with E-state index in [0.717, 1.165) is 11.3 Å². The fraction of sp³-hybridized carbons (Fsp3) is 0.688. The van der Waals surface area contributed by atoms with Crippen LogP contribution in [0, 0.1) is 0 Å². The lowest BCUT2D eigenvalue weighted by Gasteiger charge is -2.32. The third-order valence-corrected chi connectivity index (χ3v) is 7.07. The molecule has 11 heteroatoms. The van der Waals surface area contributed by atoms with Gasteiger partial charge in [0.2, 0.25) is 0 Å². The van der Waals surface area contributed by atoms with Crippen molar-refractivity contribution in [1.82, 2.24) is 14.9 Å². The number of nitrogens with one attached hydrogen (secondary N) is 2. The van der Waals surface area contributed by atoms with Gasteiger partial charge in [-0.25, -0.2) is 13.4 Å². The summed E-state index contributed by atoms with van der Waals surface area (Å²) >= 11 is 1.70. The molecule has 1 aromatic rings. The number of sulfonamides is 1. The molecule has 1 aliphatic rings. The first-order chi connectivity index (χ1) is 12.7. The molecule has 0 saturated carbocycles. The Hall–Kier alpha value is -1.33. The molecule has 0 atom stereocenters. The third-order valence-electron chi connectivity index (χ3n) is 4.23. The largest absolute Gasteiger partial charge is 0.511 e. The molecule has 1 aromatic heterocycles. The van der Waals surface area contributed by atoms with Gasteiger partial charge in [0.15, 0.2) is 5.96 Å². The zero-order valence-corrected chi connectivity index (χ0v) is 17.0. The van der Waals surface area contributed by atoms with Crippen LogP contribution >= 0.6 is 11.3 Å². The summed E-state index contributed by atoms with van der Waals surface area (Å²) in [5, 5.41) is 6.32. The van der Waals surface area contributed by atoms with Gasteiger partial charge in [0.1, 0.15) is 0 Å². The van der Waals surface area contributed by atoms with Crippen molar-refractivity contribution in [1.29, 1.82) is 0 Å². The summed E-state index contributed by atoms with van der Waals surface area (Å²) in [5.41, 5.74) is -5.25. The topological polar surface area (TPSA) is 73.8 Å². The van der Waals surface area contributed by atoms with E-state index in [9.17, 15) is 21.6 Å². The maximum atomic E-state index is 12.6. The molecule has 2 N–H and O–H groups in total. The molecule has 0 bridgehead atoms. The maximum absolute atomic E-state index is 12.6. The fourth-order valence-corrected chi connectivity index (χ4v) is 4.62. The van der Waals surface area contributed by atoms with Crippen LogP contribution < -0.4 is 10.6 Å². The van der Waals surface area contributed by atoms with E-state index < -0.39 is 15.5 Å². The Bertz CT molecular complexity index is 739. The molecule has 6 nitrogen and oxygen atoms in total. The van der Waals surface area contributed by atoms with Gasteiger partial charge in [-0.3, -0.25) is 0 Å². The molecule has 0 aliphatic carbocycles. The number of halogens is 3. The van der Waals surface area contributed by atoms with Crippen molar-refractivity contribution in [3.63, 3.8) is 0 Å². The fourth-order valence-electron chi connectivity index (χ4n) is 2.75. The predicted molar refractivity (Wildman–Crippen MR) is 101 cm³/mol. The molecule has 1 saturated heterocycles. The van der Waals surface area contributed by atoms with Crippen LogP contribution in [0.4, 0.5) is 13.2 Å². The standard InChI is InChI=1S/C16H25F3N4O2S2/c1-3-13-5-6-14(26-13)11-21-15(20-4-2)22-12-7-9-23(10-8-12)27(24,25)16(17,18)19/h5-6,12H,3-4,7-11H2,1-2H3,(H2,20,21,22). The average Bonchev–Trinajstić information content (AvgIpc) is 3.07. The highest BCUT2D eigenvalue weighted by Crippen LogP contribution is 2.29. The van der Waals surface area contributed by atoms with Crippen LogP contribution in [0.15, 0.2) is 17.1 Å². The summed E-state index contributed by atoms with van der Waals surface area (Å²) in [6.45, 7) is 4.86. The van der Waals surface area contributed by atoms with Crippen molar-refractivity contribution in [2.24, 2.45) is 4.99 Å². The van der Waals surface area contributed by atoms with Gasteiger partial charge in [-0.1, -0.05) is 6.92 Å². The van der Waals surface area contributed by atoms with Gasteiger partial charge in [-0.15, -0.1) is 11.3 Å². The third kappa shape index (κ3) is 5.82. The summed E-state index contributed by atoms with van der Waals surface area (Å²) < 4.78 is 61.4. The molecule has 0 amide bonds. The van der Waals surface area contributed by atoms with Gasteiger partial charge in [0.25, 0.3) is 0 Å². The number of alkyl halides is 3. The molecule has 0 unspecified atom stereocenters. The molecule has 1 aliphatic heterocycles. The van der Waals surface area contributed by atoms with E-state index in [4.69, 9.17) is 0 Å². The number of aryl methyl sites for hydroxylation is 1. The van der Waals surface area contributed by atoms with Gasteiger partial charge in [-0.05, 0) is 38.3 Å².